The summed E-state index contributed by atoms with van der Waals surface area (Å²) < 4.78 is 77.2. The van der Waals surface area contributed by atoms with E-state index in [9.17, 15) is 30.3 Å². The number of ether oxygens (including phenoxy) is 11. The number of para-hydroxylation sites is 2. The van der Waals surface area contributed by atoms with Crippen molar-refractivity contribution in [3.8, 4) is 0 Å². The van der Waals surface area contributed by atoms with Crippen molar-refractivity contribution in [3.63, 3.8) is 0 Å². The van der Waals surface area contributed by atoms with Crippen LogP contribution >= 0.6 is 0 Å². The summed E-state index contributed by atoms with van der Waals surface area (Å²) in [6.45, 7) is 53.9. The highest BCUT2D eigenvalue weighted by atomic mass is 16.6. The van der Waals surface area contributed by atoms with Crippen LogP contribution in [-0.4, -0.2) is 197 Å². The molecule has 1 aromatic heterocycles. The molecule has 0 saturated carbocycles. The van der Waals surface area contributed by atoms with E-state index >= 15 is 0 Å². The summed E-state index contributed by atoms with van der Waals surface area (Å²) in [7, 11) is 0. The Morgan fingerprint density at radius 1 is 0.488 bits per heavy atom. The van der Waals surface area contributed by atoms with Crippen molar-refractivity contribution < 1.29 is 77.6 Å². The molecule has 12 heterocycles. The molecule has 2 aromatic rings. The Balaban J connectivity index is 0.000000199. The molecule has 127 heavy (non-hydrogen) atoms. The predicted molar refractivity (Wildman–Crippen MR) is 509 cm³/mol. The van der Waals surface area contributed by atoms with Crippen molar-refractivity contribution in [2.24, 2.45) is 35.5 Å². The fourth-order valence-corrected chi connectivity index (χ4v) is 23.0. The third kappa shape index (κ3) is 25.1. The Morgan fingerprint density at radius 3 is 1.31 bits per heavy atom. The Labute approximate surface area is 764 Å². The second kappa shape index (κ2) is 44.6. The van der Waals surface area contributed by atoms with Crippen LogP contribution in [0.5, 0.6) is 0 Å². The number of aromatic nitrogens is 2. The molecule has 13 rings (SSSR count). The standard InChI is InChI=1S/C46H66N2O8.C39H62O8.C23H42O/c1-8-9-10-11-19-39-44(5,51)23-20-36-37(52-39)21-24-45(6)41(53-36)27-38-42(56-45)34(49)28-46(7)40(54-38)26-31(4)35(55-46)18-14-15-29(2)30(3)22-25-48-33-17-13-12-16-32(33)47-43(48)50;1-8-9-10-11-15-33-37(5,42)19-16-30-31(43-33)17-20-38(6)35(44-30)23-32-36(47-38)28(41)24-39(7)34(45-32)22-27(4)29(46-39)14-12-13-25(2)26(3)18-21-40;1-10-12-18(6)19(7)13-11-14-22-20(8)15-21(16(2)3)23(9,24-22)17(4)5/h8-10,12-13,15-17,22,31,34-42,49,51H,1,11,14,18-21,23-28H2,2-7H3,(H,47,50);8-10,13,18,27-36,40-42H,1,11-12,14-17,19-24H2,2-7H3;12-13,16-17,20-22H,10-11,14-15H2,1-9H3/b10-9-,29-15+,30-22+;10-9-,25-13+,26-18+;18-12+,19-13+. The van der Waals surface area contributed by atoms with Gasteiger partial charge in [0.25, 0.3) is 0 Å². The van der Waals surface area contributed by atoms with Crippen LogP contribution in [0, 0.1) is 35.5 Å². The largest absolute Gasteiger partial charge is 0.392 e. The van der Waals surface area contributed by atoms with Gasteiger partial charge in [0, 0.05) is 32.2 Å². The first-order chi connectivity index (χ1) is 60.1. The van der Waals surface area contributed by atoms with E-state index in [1.807, 2.05) is 63.3 Å². The lowest BCUT2D eigenvalue weighted by molar-refractivity contribution is -0.273. The number of H-pyrrole nitrogens is 1. The zero-order valence-corrected chi connectivity index (χ0v) is 82.0. The second-order valence-electron chi connectivity index (χ2n) is 42.8. The van der Waals surface area contributed by atoms with Crippen LogP contribution in [0.1, 0.15) is 312 Å². The van der Waals surface area contributed by atoms with Gasteiger partial charge < -0.3 is 82.6 Å². The van der Waals surface area contributed by atoms with E-state index in [1.54, 1.807) is 16.7 Å². The Kier molecular flexibility index (Phi) is 36.1. The van der Waals surface area contributed by atoms with Gasteiger partial charge in [0.05, 0.1) is 161 Å². The van der Waals surface area contributed by atoms with Gasteiger partial charge >= 0.3 is 5.69 Å². The maximum atomic E-state index is 12.5. The zero-order valence-electron chi connectivity index (χ0n) is 82.0. The molecule has 0 radical (unpaired) electrons. The van der Waals surface area contributed by atoms with Gasteiger partial charge in [-0.15, -0.1) is 0 Å². The molecule has 11 saturated heterocycles. The monoisotopic (exact) mass is 1770 g/mol. The number of imidazole rings is 1. The quantitative estimate of drug-likeness (QED) is 0.0480. The summed E-state index contributed by atoms with van der Waals surface area (Å²) in [5.41, 5.74) is 4.83. The van der Waals surface area contributed by atoms with Crippen molar-refractivity contribution >= 4 is 11.0 Å². The molecule has 714 valence electrons. The molecular formula is C108H170N2O17. The smallest absolute Gasteiger partial charge is 0.326 e. The molecule has 30 atom stereocenters. The van der Waals surface area contributed by atoms with E-state index in [1.165, 1.54) is 28.7 Å². The van der Waals surface area contributed by atoms with Crippen LogP contribution in [0.4, 0.5) is 0 Å². The van der Waals surface area contributed by atoms with Crippen molar-refractivity contribution in [1.82, 2.24) is 9.55 Å². The minimum Gasteiger partial charge on any atom is -0.392 e. The number of allylic oxidation sites excluding steroid dienone is 17. The van der Waals surface area contributed by atoms with Crippen LogP contribution in [0.15, 0.2) is 149 Å². The Hall–Kier alpha value is -4.75. The van der Waals surface area contributed by atoms with Crippen LogP contribution in [0.2, 0.25) is 0 Å². The number of nitrogens with one attached hydrogen (secondary N) is 1. The lowest BCUT2D eigenvalue weighted by Crippen LogP contribution is -2.59. The van der Waals surface area contributed by atoms with Gasteiger partial charge in [-0.25, -0.2) is 4.79 Å². The van der Waals surface area contributed by atoms with Crippen LogP contribution in [-0.2, 0) is 58.7 Å². The summed E-state index contributed by atoms with van der Waals surface area (Å²) >= 11 is 0. The fraction of sp³-hybridized carbons (Fsp3) is 0.750. The van der Waals surface area contributed by atoms with Crippen LogP contribution in [0.3, 0.4) is 0 Å². The van der Waals surface area contributed by atoms with E-state index in [4.69, 9.17) is 52.1 Å². The Morgan fingerprint density at radius 2 is 0.882 bits per heavy atom. The fourth-order valence-electron chi connectivity index (χ4n) is 23.0. The summed E-state index contributed by atoms with van der Waals surface area (Å²) in [5.74, 6) is 3.16. The SMILES string of the molecule is C=C/C=C\CCC1OC2CCC3(C)OC4C(O)CC5(C)OC(CC/C=C(C)/C(C)=C/CO)C(C)CC5OC4CC3OC2CCC1(C)O.C=C/C=C\CCC1OC2CCC3(C)OC4C(O)CC5(C)OC(CC/C=C(C)/C(C)=C/Cn6c(=O)[nH]c7ccccc76)C(C)CC5OC4CC3OC2CCC1(C)O.CC/C=C(C)/C(C)=C/CCC1OC(C)(C(C)C)C(C(C)C)CC1C. The van der Waals surface area contributed by atoms with Gasteiger partial charge in [-0.1, -0.05) is 187 Å². The van der Waals surface area contributed by atoms with Crippen molar-refractivity contribution in [2.45, 2.75) is 474 Å². The van der Waals surface area contributed by atoms with Gasteiger partial charge in [0.15, 0.2) is 0 Å². The maximum absolute atomic E-state index is 12.5. The highest BCUT2D eigenvalue weighted by Gasteiger charge is 2.62. The number of aromatic amines is 1. The molecule has 19 heteroatoms. The number of hydrogen-bond acceptors (Lipinski definition) is 17. The van der Waals surface area contributed by atoms with E-state index < -0.39 is 58.0 Å². The van der Waals surface area contributed by atoms with Crippen molar-refractivity contribution in [3.05, 3.63) is 154 Å². The first-order valence-corrected chi connectivity index (χ1v) is 49.6. The third-order valence-corrected chi connectivity index (χ3v) is 32.2. The number of benzene rings is 1. The molecule has 0 aliphatic carbocycles. The molecule has 19 nitrogen and oxygen atoms in total. The van der Waals surface area contributed by atoms with Crippen LogP contribution < -0.4 is 5.69 Å². The topological polar surface area (TPSA) is 240 Å². The second-order valence-corrected chi connectivity index (χ2v) is 42.8. The van der Waals surface area contributed by atoms with Crippen molar-refractivity contribution in [2.75, 3.05) is 6.61 Å². The highest BCUT2D eigenvalue weighted by molar-refractivity contribution is 5.75. The molecule has 0 bridgehead atoms. The number of aliphatic hydroxyl groups is 5. The molecule has 30 unspecified atom stereocenters. The van der Waals surface area contributed by atoms with Gasteiger partial charge in [0.1, 0.15) is 12.2 Å². The molecule has 11 aliphatic rings. The minimum atomic E-state index is -0.934. The van der Waals surface area contributed by atoms with E-state index in [0.29, 0.717) is 87.2 Å². The lowest BCUT2D eigenvalue weighted by atomic mass is 9.67. The molecule has 11 aliphatic heterocycles. The van der Waals surface area contributed by atoms with E-state index in [-0.39, 0.29) is 109 Å². The molecule has 1 aromatic carbocycles. The molecule has 0 spiro atoms. The number of nitrogens with zero attached hydrogens (tertiary/aromatic N) is 1. The molecule has 11 fully saturated rings. The summed E-state index contributed by atoms with van der Waals surface area (Å²) in [6.07, 6.45) is 41.2. The summed E-state index contributed by atoms with van der Waals surface area (Å²) in [5, 5.41) is 55.5. The molecule has 6 N–H and O–H groups in total. The number of aliphatic hydroxyl groups excluding tert-OH is 3. The normalized spacial score (nSPS) is 41.3. The Bertz CT molecular complexity index is 4210. The zero-order chi connectivity index (χ0) is 92.3. The first-order valence-electron chi connectivity index (χ1n) is 49.6. The van der Waals surface area contributed by atoms with Gasteiger partial charge in [-0.3, -0.25) is 4.57 Å². The van der Waals surface area contributed by atoms with Gasteiger partial charge in [-0.05, 0) is 279 Å². The summed E-state index contributed by atoms with van der Waals surface area (Å²) in [6, 6.07) is 7.77. The summed E-state index contributed by atoms with van der Waals surface area (Å²) in [4.78, 5) is 15.5. The minimum absolute atomic E-state index is 0.0160. The predicted octanol–water partition coefficient (Wildman–Crippen LogP) is 21.1. The van der Waals surface area contributed by atoms with Crippen LogP contribution in [0.25, 0.3) is 11.0 Å². The first kappa shape index (κ1) is 103. The average molecular weight is 1770 g/mol. The number of fused-ring (bicyclic) bond motifs is 9. The number of rotatable bonds is 26. The van der Waals surface area contributed by atoms with E-state index in [2.05, 4.69) is 185 Å². The lowest BCUT2D eigenvalue weighted by Gasteiger charge is -2.52. The molecular weight excluding hydrogens is 1600 g/mol. The highest BCUT2D eigenvalue weighted by Crippen LogP contribution is 2.53. The maximum Gasteiger partial charge on any atom is 0.326 e. The number of hydrogen-bond donors (Lipinski definition) is 6. The average Bonchev–Trinajstić information content (AvgIpc) is 1.60. The van der Waals surface area contributed by atoms with Gasteiger partial charge in [-0.2, -0.15) is 0 Å². The van der Waals surface area contributed by atoms with Gasteiger partial charge in [0.2, 0.25) is 0 Å². The van der Waals surface area contributed by atoms with E-state index in [0.717, 1.165) is 138 Å². The third-order valence-electron chi connectivity index (χ3n) is 32.2. The van der Waals surface area contributed by atoms with Crippen molar-refractivity contribution in [1.29, 1.82) is 0 Å². The molecule has 0 amide bonds.